The highest BCUT2D eigenvalue weighted by atomic mass is 32.2. The van der Waals surface area contributed by atoms with Crippen LogP contribution < -0.4 is 5.32 Å². The molecule has 152 valence electrons. The fourth-order valence-electron chi connectivity index (χ4n) is 2.37. The Bertz CT molecular complexity index is 1030. The molecule has 0 saturated carbocycles. The summed E-state index contributed by atoms with van der Waals surface area (Å²) >= 11 is 1.10. The molecule has 1 heterocycles. The number of aromatic nitrogens is 2. The lowest BCUT2D eigenvalue weighted by atomic mass is 10.2. The number of hydrogen-bond acceptors (Lipinski definition) is 5. The van der Waals surface area contributed by atoms with Gasteiger partial charge in [-0.25, -0.2) is 9.97 Å². The van der Waals surface area contributed by atoms with E-state index in [0.29, 0.717) is 5.39 Å². The zero-order valence-corrected chi connectivity index (χ0v) is 16.0. The summed E-state index contributed by atoms with van der Waals surface area (Å²) in [5, 5.41) is 2.89. The van der Waals surface area contributed by atoms with E-state index in [9.17, 15) is 26.7 Å². The highest BCUT2D eigenvalue weighted by molar-refractivity contribution is 8.00. The molecule has 0 unspecified atom stereocenters. The van der Waals surface area contributed by atoms with E-state index in [1.54, 1.807) is 30.3 Å². The van der Waals surface area contributed by atoms with Gasteiger partial charge in [0.15, 0.2) is 0 Å². The number of para-hydroxylation sites is 2. The molecule has 0 fully saturated rings. The topological polar surface area (TPSA) is 54.9 Å². The lowest BCUT2D eigenvalue weighted by Gasteiger charge is -2.12. The second-order valence-electron chi connectivity index (χ2n) is 5.58. The number of anilines is 1. The molecular weight excluding hydrogens is 433 g/mol. The largest absolute Gasteiger partial charge is 0.451 e. The second kappa shape index (κ2) is 8.95. The Hall–Kier alpha value is -2.40. The second-order valence-corrected chi connectivity index (χ2v) is 7.57. The van der Waals surface area contributed by atoms with Crippen LogP contribution in [-0.2, 0) is 11.0 Å². The Labute approximate surface area is 170 Å². The fourth-order valence-corrected chi connectivity index (χ4v) is 3.79. The number of alkyl halides is 5. The van der Waals surface area contributed by atoms with Gasteiger partial charge in [-0.1, -0.05) is 53.9 Å². The minimum absolute atomic E-state index is 0.00770. The van der Waals surface area contributed by atoms with E-state index in [4.69, 9.17) is 0 Å². The minimum Gasteiger partial charge on any atom is -0.324 e. The summed E-state index contributed by atoms with van der Waals surface area (Å²) < 4.78 is 64.4. The molecule has 0 radical (unpaired) electrons. The van der Waals surface area contributed by atoms with Crippen LogP contribution in [0.2, 0.25) is 0 Å². The van der Waals surface area contributed by atoms with Crippen molar-refractivity contribution in [2.24, 2.45) is 0 Å². The van der Waals surface area contributed by atoms with Crippen molar-refractivity contribution in [3.8, 4) is 0 Å². The van der Waals surface area contributed by atoms with Crippen molar-refractivity contribution >= 4 is 46.0 Å². The molecular formula is C18H12F5N3OS2. The summed E-state index contributed by atoms with van der Waals surface area (Å²) in [6.07, 6.45) is -4.73. The van der Waals surface area contributed by atoms with Crippen LogP contribution in [0.3, 0.4) is 0 Å². The monoisotopic (exact) mass is 445 g/mol. The zero-order valence-electron chi connectivity index (χ0n) is 14.4. The van der Waals surface area contributed by atoms with Gasteiger partial charge in [0.05, 0.1) is 17.0 Å². The standard InChI is InChI=1S/C18H12F5N3OS2/c19-17(20)29-13-8-4-3-7-12(13)24-14(27)9-28-15-10-5-1-2-6-11(10)25-16(26-15)18(21,22)23/h1-8,17H,9H2,(H,24,27). The van der Waals surface area contributed by atoms with Crippen molar-refractivity contribution in [1.82, 2.24) is 9.97 Å². The third-order valence-corrected chi connectivity index (χ3v) is 5.32. The molecule has 0 spiro atoms. The van der Waals surface area contributed by atoms with E-state index < -0.39 is 23.7 Å². The molecule has 0 saturated heterocycles. The third kappa shape index (κ3) is 5.57. The molecule has 0 aliphatic heterocycles. The Morgan fingerprint density at radius 3 is 2.45 bits per heavy atom. The van der Waals surface area contributed by atoms with Gasteiger partial charge in [0, 0.05) is 10.3 Å². The average Bonchev–Trinajstić information content (AvgIpc) is 2.66. The molecule has 0 bridgehead atoms. The van der Waals surface area contributed by atoms with Crippen LogP contribution in [-0.4, -0.2) is 27.4 Å². The first kappa shape index (κ1) is 21.3. The van der Waals surface area contributed by atoms with Gasteiger partial charge < -0.3 is 5.32 Å². The first-order valence-electron chi connectivity index (χ1n) is 8.04. The Morgan fingerprint density at radius 1 is 1.03 bits per heavy atom. The molecule has 29 heavy (non-hydrogen) atoms. The summed E-state index contributed by atoms with van der Waals surface area (Å²) in [6, 6.07) is 12.2. The van der Waals surface area contributed by atoms with E-state index in [2.05, 4.69) is 15.3 Å². The maximum atomic E-state index is 13.1. The highest BCUT2D eigenvalue weighted by Crippen LogP contribution is 2.33. The first-order valence-corrected chi connectivity index (χ1v) is 9.91. The molecule has 3 aromatic rings. The predicted molar refractivity (Wildman–Crippen MR) is 102 cm³/mol. The van der Waals surface area contributed by atoms with Crippen molar-refractivity contribution < 1.29 is 26.7 Å². The van der Waals surface area contributed by atoms with E-state index in [1.807, 2.05) is 0 Å². The van der Waals surface area contributed by atoms with E-state index in [-0.39, 0.29) is 38.6 Å². The number of carbonyl (C=O) groups is 1. The van der Waals surface area contributed by atoms with Crippen LogP contribution in [0.25, 0.3) is 10.9 Å². The molecule has 0 aliphatic carbocycles. The number of hydrogen-bond donors (Lipinski definition) is 1. The molecule has 0 aliphatic rings. The van der Waals surface area contributed by atoms with Crippen molar-refractivity contribution in [2.45, 2.75) is 21.9 Å². The van der Waals surface area contributed by atoms with Crippen LogP contribution in [0, 0.1) is 0 Å². The number of halogens is 5. The van der Waals surface area contributed by atoms with Gasteiger partial charge in [0.2, 0.25) is 11.7 Å². The molecule has 11 heteroatoms. The first-order chi connectivity index (χ1) is 13.7. The number of carbonyl (C=O) groups excluding carboxylic acids is 1. The summed E-state index contributed by atoms with van der Waals surface area (Å²) in [7, 11) is 0. The van der Waals surface area contributed by atoms with Gasteiger partial charge >= 0.3 is 6.18 Å². The SMILES string of the molecule is O=C(CSc1nc(C(F)(F)F)nc2ccccc12)Nc1ccccc1SC(F)F. The van der Waals surface area contributed by atoms with Crippen LogP contribution in [0.1, 0.15) is 5.82 Å². The van der Waals surface area contributed by atoms with Crippen molar-refractivity contribution in [1.29, 1.82) is 0 Å². The van der Waals surface area contributed by atoms with Crippen molar-refractivity contribution in [2.75, 3.05) is 11.1 Å². The van der Waals surface area contributed by atoms with Gasteiger partial charge in [0.25, 0.3) is 5.76 Å². The number of amides is 1. The van der Waals surface area contributed by atoms with E-state index >= 15 is 0 Å². The summed E-state index contributed by atoms with van der Waals surface area (Å²) in [6.45, 7) is 0. The number of thioether (sulfide) groups is 2. The van der Waals surface area contributed by atoms with Crippen LogP contribution in [0.15, 0.2) is 58.5 Å². The summed E-state index contributed by atoms with van der Waals surface area (Å²) in [5.41, 5.74) is 0.309. The quantitative estimate of drug-likeness (QED) is 0.300. The number of nitrogens with one attached hydrogen (secondary N) is 1. The Morgan fingerprint density at radius 2 is 1.72 bits per heavy atom. The smallest absolute Gasteiger partial charge is 0.324 e. The number of fused-ring (bicyclic) bond motifs is 1. The van der Waals surface area contributed by atoms with Gasteiger partial charge in [-0.15, -0.1) is 0 Å². The van der Waals surface area contributed by atoms with Gasteiger partial charge in [0.1, 0.15) is 5.03 Å². The van der Waals surface area contributed by atoms with Gasteiger partial charge in [-0.2, -0.15) is 22.0 Å². The van der Waals surface area contributed by atoms with Crippen LogP contribution in [0.5, 0.6) is 0 Å². The summed E-state index contributed by atoms with van der Waals surface area (Å²) in [4.78, 5) is 19.5. The fraction of sp³-hybridized carbons (Fsp3) is 0.167. The van der Waals surface area contributed by atoms with Crippen molar-refractivity contribution in [3.05, 3.63) is 54.4 Å². The van der Waals surface area contributed by atoms with Crippen molar-refractivity contribution in [3.63, 3.8) is 0 Å². The maximum absolute atomic E-state index is 13.1. The minimum atomic E-state index is -4.73. The normalized spacial score (nSPS) is 11.8. The Kier molecular flexibility index (Phi) is 6.58. The summed E-state index contributed by atoms with van der Waals surface area (Å²) in [5.74, 6) is -4.77. The van der Waals surface area contributed by atoms with E-state index in [0.717, 1.165) is 11.8 Å². The molecule has 4 nitrogen and oxygen atoms in total. The van der Waals surface area contributed by atoms with Gasteiger partial charge in [-0.05, 0) is 18.2 Å². The molecule has 1 aromatic heterocycles. The molecule has 1 N–H and O–H groups in total. The zero-order chi connectivity index (χ0) is 21.0. The Balaban J connectivity index is 1.78. The number of rotatable bonds is 6. The molecule has 2 aromatic carbocycles. The predicted octanol–water partition coefficient (Wildman–Crippen LogP) is 5.69. The molecule has 1 amide bonds. The highest BCUT2D eigenvalue weighted by Gasteiger charge is 2.35. The van der Waals surface area contributed by atoms with Crippen LogP contribution in [0.4, 0.5) is 27.6 Å². The van der Waals surface area contributed by atoms with Gasteiger partial charge in [-0.3, -0.25) is 4.79 Å². The maximum Gasteiger partial charge on any atom is 0.451 e. The van der Waals surface area contributed by atoms with Crippen LogP contribution >= 0.6 is 23.5 Å². The molecule has 0 atom stereocenters. The average molecular weight is 445 g/mol. The lowest BCUT2D eigenvalue weighted by Crippen LogP contribution is -2.16. The third-order valence-electron chi connectivity index (χ3n) is 3.54. The molecule has 3 rings (SSSR count). The van der Waals surface area contributed by atoms with E-state index in [1.165, 1.54) is 18.2 Å². The number of benzene rings is 2. The lowest BCUT2D eigenvalue weighted by molar-refractivity contribution is -0.145. The number of nitrogens with zero attached hydrogens (tertiary/aromatic N) is 2.